The van der Waals surface area contributed by atoms with Gasteiger partial charge in [0.15, 0.2) is 0 Å². The van der Waals surface area contributed by atoms with E-state index in [1.807, 2.05) is 0 Å². The Balaban J connectivity index is 2.32. The van der Waals surface area contributed by atoms with Crippen LogP contribution in [0.4, 0.5) is 0 Å². The van der Waals surface area contributed by atoms with Crippen molar-refractivity contribution in [2.24, 2.45) is 5.92 Å². The molecule has 82 valence electrons. The van der Waals surface area contributed by atoms with E-state index in [-0.39, 0.29) is 5.91 Å². The minimum absolute atomic E-state index is 0.111. The van der Waals surface area contributed by atoms with Crippen LogP contribution in [0.1, 0.15) is 39.5 Å². The fourth-order valence-corrected chi connectivity index (χ4v) is 2.11. The number of piperidine rings is 1. The molecular weight excluding hydrogens is 178 g/mol. The maximum absolute atomic E-state index is 11.4. The van der Waals surface area contributed by atoms with Gasteiger partial charge in [0.05, 0.1) is 0 Å². The van der Waals surface area contributed by atoms with E-state index >= 15 is 0 Å². The molecule has 0 aromatic carbocycles. The SMILES string of the molecule is CCCC1CCN(C(=O)[C@@H](C)O)CC1. The highest BCUT2D eigenvalue weighted by Crippen LogP contribution is 2.21. The Bertz CT molecular complexity index is 184. The van der Waals surface area contributed by atoms with Crippen LogP contribution in [0.15, 0.2) is 0 Å². The minimum atomic E-state index is -0.835. The molecule has 0 bridgehead atoms. The number of carbonyl (C=O) groups is 1. The predicted molar refractivity (Wildman–Crippen MR) is 55.9 cm³/mol. The lowest BCUT2D eigenvalue weighted by Crippen LogP contribution is -2.42. The average molecular weight is 199 g/mol. The summed E-state index contributed by atoms with van der Waals surface area (Å²) in [7, 11) is 0. The van der Waals surface area contributed by atoms with Crippen LogP contribution in [-0.4, -0.2) is 35.1 Å². The molecule has 0 aliphatic carbocycles. The molecule has 1 aliphatic heterocycles. The van der Waals surface area contributed by atoms with Crippen molar-refractivity contribution < 1.29 is 9.90 Å². The Morgan fingerprint density at radius 1 is 1.50 bits per heavy atom. The van der Waals surface area contributed by atoms with Crippen molar-refractivity contribution in [1.29, 1.82) is 0 Å². The second kappa shape index (κ2) is 5.35. The van der Waals surface area contributed by atoms with Gasteiger partial charge in [-0.15, -0.1) is 0 Å². The van der Waals surface area contributed by atoms with Gasteiger partial charge < -0.3 is 10.0 Å². The monoisotopic (exact) mass is 199 g/mol. The van der Waals surface area contributed by atoms with Crippen LogP contribution >= 0.6 is 0 Å². The van der Waals surface area contributed by atoms with Gasteiger partial charge in [-0.1, -0.05) is 19.8 Å². The van der Waals surface area contributed by atoms with Crippen LogP contribution in [-0.2, 0) is 4.79 Å². The van der Waals surface area contributed by atoms with Crippen LogP contribution in [0, 0.1) is 5.92 Å². The molecule has 3 nitrogen and oxygen atoms in total. The molecule has 1 amide bonds. The molecule has 0 aromatic rings. The van der Waals surface area contributed by atoms with Crippen molar-refractivity contribution in [3.05, 3.63) is 0 Å². The fraction of sp³-hybridized carbons (Fsp3) is 0.909. The van der Waals surface area contributed by atoms with Crippen molar-refractivity contribution >= 4 is 5.91 Å². The highest BCUT2D eigenvalue weighted by molar-refractivity contribution is 5.80. The quantitative estimate of drug-likeness (QED) is 0.746. The van der Waals surface area contributed by atoms with Crippen LogP contribution in [0.5, 0.6) is 0 Å². The van der Waals surface area contributed by atoms with Gasteiger partial charge in [0, 0.05) is 13.1 Å². The van der Waals surface area contributed by atoms with Gasteiger partial charge in [0.25, 0.3) is 5.91 Å². The molecule has 0 aromatic heterocycles. The smallest absolute Gasteiger partial charge is 0.251 e. The Kier molecular flexibility index (Phi) is 4.39. The van der Waals surface area contributed by atoms with E-state index in [9.17, 15) is 4.79 Å². The first kappa shape index (κ1) is 11.5. The largest absolute Gasteiger partial charge is 0.384 e. The van der Waals surface area contributed by atoms with E-state index in [1.54, 1.807) is 11.8 Å². The number of aliphatic hydroxyl groups is 1. The number of rotatable bonds is 3. The van der Waals surface area contributed by atoms with Gasteiger partial charge in [-0.25, -0.2) is 0 Å². The molecule has 1 atom stereocenters. The minimum Gasteiger partial charge on any atom is -0.384 e. The zero-order valence-electron chi connectivity index (χ0n) is 9.20. The molecule has 1 N–H and O–H groups in total. The van der Waals surface area contributed by atoms with E-state index < -0.39 is 6.10 Å². The Morgan fingerprint density at radius 3 is 2.50 bits per heavy atom. The molecule has 1 saturated heterocycles. The zero-order chi connectivity index (χ0) is 10.6. The molecule has 1 aliphatic rings. The molecule has 0 radical (unpaired) electrons. The van der Waals surface area contributed by atoms with Gasteiger partial charge >= 0.3 is 0 Å². The first-order chi connectivity index (χ1) is 6.65. The lowest BCUT2D eigenvalue weighted by molar-refractivity contribution is -0.140. The predicted octanol–water partition coefficient (Wildman–Crippen LogP) is 1.41. The molecule has 14 heavy (non-hydrogen) atoms. The third-order valence-electron chi connectivity index (χ3n) is 2.98. The number of hydrogen-bond donors (Lipinski definition) is 1. The number of aliphatic hydroxyl groups excluding tert-OH is 1. The van der Waals surface area contributed by atoms with Crippen molar-refractivity contribution in [2.75, 3.05) is 13.1 Å². The second-order valence-electron chi connectivity index (χ2n) is 4.23. The molecule has 0 saturated carbocycles. The summed E-state index contributed by atoms with van der Waals surface area (Å²) < 4.78 is 0. The molecule has 3 heteroatoms. The van der Waals surface area contributed by atoms with E-state index in [4.69, 9.17) is 5.11 Å². The lowest BCUT2D eigenvalue weighted by Gasteiger charge is -2.32. The Labute approximate surface area is 86.1 Å². The van der Waals surface area contributed by atoms with Crippen molar-refractivity contribution in [3.63, 3.8) is 0 Å². The first-order valence-electron chi connectivity index (χ1n) is 5.62. The van der Waals surface area contributed by atoms with Crippen LogP contribution in [0.25, 0.3) is 0 Å². The van der Waals surface area contributed by atoms with Crippen LogP contribution in [0.2, 0.25) is 0 Å². The van der Waals surface area contributed by atoms with E-state index in [0.717, 1.165) is 31.8 Å². The third kappa shape index (κ3) is 2.98. The summed E-state index contributed by atoms with van der Waals surface area (Å²) in [4.78, 5) is 13.2. The van der Waals surface area contributed by atoms with Gasteiger partial charge in [-0.2, -0.15) is 0 Å². The van der Waals surface area contributed by atoms with Crippen LogP contribution in [0.3, 0.4) is 0 Å². The summed E-state index contributed by atoms with van der Waals surface area (Å²) in [6.07, 6.45) is 3.88. The summed E-state index contributed by atoms with van der Waals surface area (Å²) in [5.41, 5.74) is 0. The molecular formula is C11H21NO2. The Hall–Kier alpha value is -0.570. The molecule has 1 rings (SSSR count). The normalized spacial score (nSPS) is 20.9. The van der Waals surface area contributed by atoms with Crippen molar-refractivity contribution in [3.8, 4) is 0 Å². The van der Waals surface area contributed by atoms with Gasteiger partial charge in [-0.3, -0.25) is 4.79 Å². The Morgan fingerprint density at radius 2 is 2.07 bits per heavy atom. The number of hydrogen-bond acceptors (Lipinski definition) is 2. The highest BCUT2D eigenvalue weighted by atomic mass is 16.3. The van der Waals surface area contributed by atoms with E-state index in [0.29, 0.717) is 0 Å². The maximum atomic E-state index is 11.4. The summed E-state index contributed by atoms with van der Waals surface area (Å²) in [6.45, 7) is 5.40. The zero-order valence-corrected chi connectivity index (χ0v) is 9.20. The number of amides is 1. The maximum Gasteiger partial charge on any atom is 0.251 e. The van der Waals surface area contributed by atoms with E-state index in [1.165, 1.54) is 12.8 Å². The summed E-state index contributed by atoms with van der Waals surface area (Å²) in [5.74, 6) is 0.679. The van der Waals surface area contributed by atoms with Gasteiger partial charge in [-0.05, 0) is 25.7 Å². The average Bonchev–Trinajstić information content (AvgIpc) is 2.18. The third-order valence-corrected chi connectivity index (χ3v) is 2.98. The summed E-state index contributed by atoms with van der Waals surface area (Å²) in [6, 6.07) is 0. The standard InChI is InChI=1S/C11H21NO2/c1-3-4-10-5-7-12(8-6-10)11(14)9(2)13/h9-10,13H,3-8H2,1-2H3/t9-/m1/s1. The second-order valence-corrected chi connectivity index (χ2v) is 4.23. The van der Waals surface area contributed by atoms with Crippen LogP contribution < -0.4 is 0 Å². The van der Waals surface area contributed by atoms with E-state index in [2.05, 4.69) is 6.92 Å². The molecule has 1 fully saturated rings. The summed E-state index contributed by atoms with van der Waals surface area (Å²) in [5, 5.41) is 9.15. The number of likely N-dealkylation sites (tertiary alicyclic amines) is 1. The van der Waals surface area contributed by atoms with Crippen molar-refractivity contribution in [1.82, 2.24) is 4.90 Å². The lowest BCUT2D eigenvalue weighted by atomic mass is 9.92. The fourth-order valence-electron chi connectivity index (χ4n) is 2.11. The number of nitrogens with zero attached hydrogens (tertiary/aromatic N) is 1. The first-order valence-corrected chi connectivity index (χ1v) is 5.62. The topological polar surface area (TPSA) is 40.5 Å². The van der Waals surface area contributed by atoms with Crippen molar-refractivity contribution in [2.45, 2.75) is 45.6 Å². The van der Waals surface area contributed by atoms with Gasteiger partial charge in [0.2, 0.25) is 0 Å². The van der Waals surface area contributed by atoms with Gasteiger partial charge in [0.1, 0.15) is 6.10 Å². The molecule has 1 heterocycles. The molecule has 0 spiro atoms. The summed E-state index contributed by atoms with van der Waals surface area (Å²) >= 11 is 0. The highest BCUT2D eigenvalue weighted by Gasteiger charge is 2.24. The molecule has 0 unspecified atom stereocenters. The number of carbonyl (C=O) groups excluding carboxylic acids is 1.